The molecule has 2 heterocycles. The molecule has 27 heavy (non-hydrogen) atoms. The largest absolute Gasteiger partial charge is 0.356 e. The summed E-state index contributed by atoms with van der Waals surface area (Å²) in [5.74, 6) is 0.740. The lowest BCUT2D eigenvalue weighted by molar-refractivity contribution is -0.126. The smallest absolute Gasteiger partial charge is 0.223 e. The maximum absolute atomic E-state index is 12.5. The van der Waals surface area contributed by atoms with Crippen molar-refractivity contribution in [1.29, 1.82) is 0 Å². The van der Waals surface area contributed by atoms with Crippen LogP contribution in [0.3, 0.4) is 0 Å². The first-order valence-electron chi connectivity index (χ1n) is 10.2. The fourth-order valence-electron chi connectivity index (χ4n) is 3.35. The minimum absolute atomic E-state index is 0.0317. The van der Waals surface area contributed by atoms with Gasteiger partial charge in [-0.3, -0.25) is 19.5 Å². The zero-order valence-corrected chi connectivity index (χ0v) is 16.7. The average molecular weight is 375 g/mol. The second kappa shape index (κ2) is 11.7. The lowest BCUT2D eigenvalue weighted by Crippen LogP contribution is -2.34. The second-order valence-corrected chi connectivity index (χ2v) is 7.84. The van der Waals surface area contributed by atoms with Gasteiger partial charge in [-0.1, -0.05) is 19.9 Å². The quantitative estimate of drug-likeness (QED) is 0.802. The lowest BCUT2D eigenvalue weighted by Gasteiger charge is -2.22. The van der Waals surface area contributed by atoms with Crippen LogP contribution in [-0.2, 0) is 16.1 Å². The summed E-state index contributed by atoms with van der Waals surface area (Å²) in [5.41, 5.74) is 1.15. The van der Waals surface area contributed by atoms with Crippen LogP contribution in [0.4, 0.5) is 0 Å². The molecule has 1 aromatic heterocycles. The maximum atomic E-state index is 12.5. The van der Waals surface area contributed by atoms with Crippen LogP contribution in [0.1, 0.15) is 51.5 Å². The Morgan fingerprint density at radius 3 is 2.96 bits per heavy atom. The Kier molecular flexibility index (Phi) is 9.25. The molecule has 2 rings (SSSR count). The molecule has 6 nitrogen and oxygen atoms in total. The van der Waals surface area contributed by atoms with Gasteiger partial charge in [0.15, 0.2) is 0 Å². The van der Waals surface area contributed by atoms with Crippen molar-refractivity contribution in [1.82, 2.24) is 20.5 Å². The Morgan fingerprint density at radius 2 is 2.22 bits per heavy atom. The molecule has 1 unspecified atom stereocenters. The highest BCUT2D eigenvalue weighted by molar-refractivity contribution is 5.79. The van der Waals surface area contributed by atoms with Gasteiger partial charge in [-0.15, -0.1) is 0 Å². The van der Waals surface area contributed by atoms with E-state index in [9.17, 15) is 9.59 Å². The Morgan fingerprint density at radius 1 is 1.37 bits per heavy atom. The number of amides is 2. The van der Waals surface area contributed by atoms with E-state index >= 15 is 0 Å². The van der Waals surface area contributed by atoms with Crippen molar-refractivity contribution < 1.29 is 9.59 Å². The zero-order valence-electron chi connectivity index (χ0n) is 16.7. The Hall–Kier alpha value is -1.95. The van der Waals surface area contributed by atoms with Crippen molar-refractivity contribution in [2.45, 2.75) is 52.5 Å². The van der Waals surface area contributed by atoms with Gasteiger partial charge in [0.2, 0.25) is 11.8 Å². The van der Waals surface area contributed by atoms with Crippen molar-refractivity contribution in [3.8, 4) is 0 Å². The molecule has 1 saturated heterocycles. The van der Waals surface area contributed by atoms with Crippen molar-refractivity contribution in [2.75, 3.05) is 26.2 Å². The molecule has 2 N–H and O–H groups in total. The average Bonchev–Trinajstić information content (AvgIpc) is 2.68. The summed E-state index contributed by atoms with van der Waals surface area (Å²) in [5, 5.41) is 6.04. The van der Waals surface area contributed by atoms with Gasteiger partial charge in [-0.25, -0.2) is 0 Å². The first kappa shape index (κ1) is 21.4. The summed E-state index contributed by atoms with van der Waals surface area (Å²) in [4.78, 5) is 31.1. The first-order chi connectivity index (χ1) is 13.0. The van der Waals surface area contributed by atoms with Gasteiger partial charge < -0.3 is 10.6 Å². The monoisotopic (exact) mass is 374 g/mol. The van der Waals surface area contributed by atoms with Gasteiger partial charge in [0.05, 0.1) is 0 Å². The minimum atomic E-state index is -0.0317. The maximum Gasteiger partial charge on any atom is 0.223 e. The number of aromatic nitrogens is 1. The van der Waals surface area contributed by atoms with E-state index in [1.165, 1.54) is 0 Å². The lowest BCUT2D eigenvalue weighted by atomic mass is 9.97. The van der Waals surface area contributed by atoms with Crippen molar-refractivity contribution >= 4 is 11.8 Å². The van der Waals surface area contributed by atoms with Crippen molar-refractivity contribution in [3.63, 3.8) is 0 Å². The minimum Gasteiger partial charge on any atom is -0.356 e. The fourth-order valence-corrected chi connectivity index (χ4v) is 3.35. The van der Waals surface area contributed by atoms with Crippen LogP contribution in [0.15, 0.2) is 24.5 Å². The molecule has 6 heteroatoms. The number of carbonyl (C=O) groups excluding carboxylic acids is 2. The zero-order chi connectivity index (χ0) is 19.5. The van der Waals surface area contributed by atoms with E-state index in [0.717, 1.165) is 51.0 Å². The van der Waals surface area contributed by atoms with Crippen molar-refractivity contribution in [2.24, 2.45) is 11.8 Å². The van der Waals surface area contributed by atoms with Crippen LogP contribution in [0.2, 0.25) is 0 Å². The highest BCUT2D eigenvalue weighted by Crippen LogP contribution is 2.15. The molecule has 0 aliphatic carbocycles. The van der Waals surface area contributed by atoms with Crippen LogP contribution < -0.4 is 10.6 Å². The fraction of sp³-hybridized carbons (Fsp3) is 0.667. The van der Waals surface area contributed by atoms with Gasteiger partial charge in [-0.2, -0.15) is 0 Å². The van der Waals surface area contributed by atoms with Crippen LogP contribution in [0.25, 0.3) is 0 Å². The summed E-state index contributed by atoms with van der Waals surface area (Å²) < 4.78 is 0. The van der Waals surface area contributed by atoms with E-state index in [1.807, 2.05) is 12.3 Å². The topological polar surface area (TPSA) is 74.3 Å². The Labute approximate surface area is 163 Å². The Bertz CT molecular complexity index is 577. The molecule has 150 valence electrons. The number of carbonyl (C=O) groups is 2. The molecule has 1 fully saturated rings. The van der Waals surface area contributed by atoms with E-state index in [2.05, 4.69) is 40.4 Å². The predicted molar refractivity (Wildman–Crippen MR) is 107 cm³/mol. The third-order valence-corrected chi connectivity index (χ3v) is 5.02. The summed E-state index contributed by atoms with van der Waals surface area (Å²) in [6.07, 6.45) is 7.65. The SMILES string of the molecule is CC(C)CCNC(=O)C1CCCN(Cc2cccnc2)CCC(=O)NCC1. The van der Waals surface area contributed by atoms with E-state index < -0.39 is 0 Å². The molecule has 0 aromatic carbocycles. The van der Waals surface area contributed by atoms with Gasteiger partial charge >= 0.3 is 0 Å². The van der Waals surface area contributed by atoms with Crippen LogP contribution in [-0.4, -0.2) is 47.9 Å². The molecule has 1 aromatic rings. The molecule has 0 bridgehead atoms. The van der Waals surface area contributed by atoms with Gasteiger partial charge in [0.25, 0.3) is 0 Å². The Balaban J connectivity index is 1.90. The van der Waals surface area contributed by atoms with E-state index in [-0.39, 0.29) is 17.7 Å². The summed E-state index contributed by atoms with van der Waals surface area (Å²) in [6, 6.07) is 4.00. The number of nitrogens with zero attached hydrogens (tertiary/aromatic N) is 2. The highest BCUT2D eigenvalue weighted by atomic mass is 16.2. The van der Waals surface area contributed by atoms with E-state index in [0.29, 0.717) is 25.3 Å². The van der Waals surface area contributed by atoms with Crippen LogP contribution in [0, 0.1) is 11.8 Å². The summed E-state index contributed by atoms with van der Waals surface area (Å²) in [7, 11) is 0. The molecular weight excluding hydrogens is 340 g/mol. The van der Waals surface area contributed by atoms with Gasteiger partial charge in [-0.05, 0) is 49.8 Å². The third-order valence-electron chi connectivity index (χ3n) is 5.02. The summed E-state index contributed by atoms with van der Waals surface area (Å²) in [6.45, 7) is 8.02. The molecule has 0 spiro atoms. The first-order valence-corrected chi connectivity index (χ1v) is 10.2. The molecule has 2 amide bonds. The molecular formula is C21H34N4O2. The molecule has 1 atom stereocenters. The second-order valence-electron chi connectivity index (χ2n) is 7.84. The van der Waals surface area contributed by atoms with Gasteiger partial charge in [0, 0.05) is 50.9 Å². The van der Waals surface area contributed by atoms with Crippen LogP contribution >= 0.6 is 0 Å². The van der Waals surface area contributed by atoms with Crippen molar-refractivity contribution in [3.05, 3.63) is 30.1 Å². The number of hydrogen-bond donors (Lipinski definition) is 2. The molecule has 0 radical (unpaired) electrons. The molecule has 0 saturated carbocycles. The summed E-state index contributed by atoms with van der Waals surface area (Å²) >= 11 is 0. The normalized spacial score (nSPS) is 20.0. The number of pyridine rings is 1. The predicted octanol–water partition coefficient (Wildman–Crippen LogP) is 2.35. The number of nitrogens with one attached hydrogen (secondary N) is 2. The van der Waals surface area contributed by atoms with E-state index in [1.54, 1.807) is 6.20 Å². The third kappa shape index (κ3) is 8.52. The standard InChI is InChI=1S/C21H34N4O2/c1-17(2)7-11-24-21(27)19-6-4-13-25(14-9-20(26)23-12-8-19)16-18-5-3-10-22-15-18/h3,5,10,15,17,19H,4,6-9,11-14,16H2,1-2H3,(H,23,26)(H,24,27). The van der Waals surface area contributed by atoms with Crippen LogP contribution in [0.5, 0.6) is 0 Å². The molecule has 1 aliphatic heterocycles. The molecule has 1 aliphatic rings. The number of rotatable bonds is 6. The number of hydrogen-bond acceptors (Lipinski definition) is 4. The van der Waals surface area contributed by atoms with E-state index in [4.69, 9.17) is 0 Å². The van der Waals surface area contributed by atoms with Gasteiger partial charge in [0.1, 0.15) is 0 Å². The highest BCUT2D eigenvalue weighted by Gasteiger charge is 2.20.